The number of halogens is 3. The first-order valence-corrected chi connectivity index (χ1v) is 6.91. The Morgan fingerprint density at radius 3 is 2.15 bits per heavy atom. The van der Waals surface area contributed by atoms with Crippen LogP contribution < -0.4 is 5.32 Å². The van der Waals surface area contributed by atoms with E-state index < -0.39 is 6.43 Å². The molecule has 0 bridgehead atoms. The summed E-state index contributed by atoms with van der Waals surface area (Å²) in [6.45, 7) is -0.130. The van der Waals surface area contributed by atoms with Gasteiger partial charge in [0.1, 0.15) is 0 Å². The summed E-state index contributed by atoms with van der Waals surface area (Å²) in [6, 6.07) is 13.1. The zero-order chi connectivity index (χ0) is 14.5. The quantitative estimate of drug-likeness (QED) is 0.837. The molecule has 0 spiro atoms. The average Bonchev–Trinajstić information content (AvgIpc) is 2.46. The third-order valence-electron chi connectivity index (χ3n) is 2.98. The summed E-state index contributed by atoms with van der Waals surface area (Å²) in [4.78, 5) is 0. The number of aliphatic hydroxyl groups is 1. The highest BCUT2D eigenvalue weighted by molar-refractivity contribution is 9.10. The van der Waals surface area contributed by atoms with Crippen LogP contribution in [-0.4, -0.2) is 11.7 Å². The largest absolute Gasteiger partial charge is 0.394 e. The normalized spacial score (nSPS) is 12.4. The van der Waals surface area contributed by atoms with Crippen molar-refractivity contribution < 1.29 is 13.9 Å². The lowest BCUT2D eigenvalue weighted by atomic mass is 10.0. The van der Waals surface area contributed by atoms with E-state index in [9.17, 15) is 13.9 Å². The molecule has 0 fully saturated rings. The highest BCUT2D eigenvalue weighted by Gasteiger charge is 2.13. The van der Waals surface area contributed by atoms with Crippen LogP contribution in [0.15, 0.2) is 53.0 Å². The smallest absolute Gasteiger partial charge is 0.263 e. The molecule has 0 amide bonds. The molecule has 2 aromatic rings. The molecule has 0 aliphatic carbocycles. The van der Waals surface area contributed by atoms with Crippen molar-refractivity contribution >= 4 is 21.6 Å². The Balaban J connectivity index is 2.18. The van der Waals surface area contributed by atoms with E-state index >= 15 is 0 Å². The van der Waals surface area contributed by atoms with Gasteiger partial charge in [0.2, 0.25) is 0 Å². The molecule has 1 unspecified atom stereocenters. The molecule has 0 saturated carbocycles. The Hall–Kier alpha value is -1.46. The molecule has 2 aromatic carbocycles. The lowest BCUT2D eigenvalue weighted by Gasteiger charge is -2.19. The second-order valence-corrected chi connectivity index (χ2v) is 5.18. The highest BCUT2D eigenvalue weighted by Crippen LogP contribution is 2.27. The summed E-state index contributed by atoms with van der Waals surface area (Å²) in [6.07, 6.45) is -2.48. The molecule has 0 aliphatic heterocycles. The first-order chi connectivity index (χ1) is 9.61. The van der Waals surface area contributed by atoms with E-state index in [-0.39, 0.29) is 18.2 Å². The minimum absolute atomic E-state index is 0.0219. The minimum atomic E-state index is -2.48. The molecule has 1 atom stereocenters. The second kappa shape index (κ2) is 6.81. The van der Waals surface area contributed by atoms with E-state index in [0.29, 0.717) is 0 Å². The molecule has 2 rings (SSSR count). The maximum absolute atomic E-state index is 12.5. The molecule has 0 aromatic heterocycles. The van der Waals surface area contributed by atoms with Gasteiger partial charge in [-0.15, -0.1) is 0 Å². The SMILES string of the molecule is OCC(Nc1ccccc1Br)c1ccc(C(F)F)cc1. The standard InChI is InChI=1S/C15H14BrF2NO/c16-12-3-1-2-4-13(12)19-14(9-20)10-5-7-11(8-6-10)15(17)18/h1-8,14-15,19-20H,9H2. The Bertz CT molecular complexity index is 560. The van der Waals surface area contributed by atoms with Gasteiger partial charge in [-0.3, -0.25) is 0 Å². The average molecular weight is 342 g/mol. The number of para-hydroxylation sites is 1. The lowest BCUT2D eigenvalue weighted by molar-refractivity contribution is 0.151. The van der Waals surface area contributed by atoms with Gasteiger partial charge >= 0.3 is 0 Å². The Kier molecular flexibility index (Phi) is 5.09. The van der Waals surface area contributed by atoms with Gasteiger partial charge < -0.3 is 10.4 Å². The van der Waals surface area contributed by atoms with E-state index in [1.807, 2.05) is 24.3 Å². The monoisotopic (exact) mass is 341 g/mol. The number of nitrogens with one attached hydrogen (secondary N) is 1. The van der Waals surface area contributed by atoms with Gasteiger partial charge in [-0.1, -0.05) is 36.4 Å². The van der Waals surface area contributed by atoms with Crippen molar-refractivity contribution in [2.45, 2.75) is 12.5 Å². The van der Waals surface area contributed by atoms with Crippen LogP contribution in [0.4, 0.5) is 14.5 Å². The van der Waals surface area contributed by atoms with Crippen molar-refractivity contribution in [3.63, 3.8) is 0 Å². The van der Waals surface area contributed by atoms with E-state index in [4.69, 9.17) is 0 Å². The van der Waals surface area contributed by atoms with E-state index in [1.165, 1.54) is 12.1 Å². The van der Waals surface area contributed by atoms with Gasteiger partial charge in [-0.2, -0.15) is 0 Å². The molecule has 0 heterocycles. The van der Waals surface area contributed by atoms with E-state index in [1.54, 1.807) is 12.1 Å². The number of rotatable bonds is 5. The zero-order valence-electron chi connectivity index (χ0n) is 10.6. The number of hydrogen-bond acceptors (Lipinski definition) is 2. The maximum atomic E-state index is 12.5. The van der Waals surface area contributed by atoms with Crippen molar-refractivity contribution in [1.82, 2.24) is 0 Å². The van der Waals surface area contributed by atoms with Crippen molar-refractivity contribution in [2.75, 3.05) is 11.9 Å². The molecular formula is C15H14BrF2NO. The Morgan fingerprint density at radius 2 is 1.60 bits per heavy atom. The molecule has 106 valence electrons. The number of alkyl halides is 2. The van der Waals surface area contributed by atoms with Gasteiger partial charge in [0.05, 0.1) is 12.6 Å². The zero-order valence-corrected chi connectivity index (χ0v) is 12.1. The first-order valence-electron chi connectivity index (χ1n) is 6.11. The van der Waals surface area contributed by atoms with Gasteiger partial charge in [-0.05, 0) is 33.6 Å². The fraction of sp³-hybridized carbons (Fsp3) is 0.200. The predicted molar refractivity (Wildman–Crippen MR) is 79.0 cm³/mol. The van der Waals surface area contributed by atoms with E-state index in [2.05, 4.69) is 21.2 Å². The van der Waals surface area contributed by atoms with Crippen molar-refractivity contribution in [2.24, 2.45) is 0 Å². The van der Waals surface area contributed by atoms with Crippen LogP contribution in [0, 0.1) is 0 Å². The second-order valence-electron chi connectivity index (χ2n) is 4.33. The third-order valence-corrected chi connectivity index (χ3v) is 3.67. The molecule has 2 N–H and O–H groups in total. The highest BCUT2D eigenvalue weighted by atomic mass is 79.9. The lowest BCUT2D eigenvalue weighted by Crippen LogP contribution is -2.15. The summed E-state index contributed by atoms with van der Waals surface area (Å²) in [7, 11) is 0. The number of aliphatic hydroxyl groups excluding tert-OH is 1. The van der Waals surface area contributed by atoms with Crippen LogP contribution in [0.25, 0.3) is 0 Å². The van der Waals surface area contributed by atoms with Crippen molar-refractivity contribution in [3.05, 3.63) is 64.1 Å². The fourth-order valence-electron chi connectivity index (χ4n) is 1.87. The van der Waals surface area contributed by atoms with Crippen LogP contribution >= 0.6 is 15.9 Å². The van der Waals surface area contributed by atoms with Gasteiger partial charge in [0.25, 0.3) is 6.43 Å². The van der Waals surface area contributed by atoms with Crippen LogP contribution in [0.5, 0.6) is 0 Å². The minimum Gasteiger partial charge on any atom is -0.394 e. The molecule has 5 heteroatoms. The third kappa shape index (κ3) is 3.55. The first kappa shape index (κ1) is 14.9. The fourth-order valence-corrected chi connectivity index (χ4v) is 2.27. The Morgan fingerprint density at radius 1 is 1.00 bits per heavy atom. The molecule has 0 aliphatic rings. The van der Waals surface area contributed by atoms with Gasteiger partial charge in [0.15, 0.2) is 0 Å². The Labute approximate surface area is 124 Å². The van der Waals surface area contributed by atoms with E-state index in [0.717, 1.165) is 15.7 Å². The summed E-state index contributed by atoms with van der Waals surface area (Å²) in [5, 5.41) is 12.7. The number of anilines is 1. The summed E-state index contributed by atoms with van der Waals surface area (Å²) in [5.74, 6) is 0. The number of hydrogen-bond donors (Lipinski definition) is 2. The summed E-state index contributed by atoms with van der Waals surface area (Å²) >= 11 is 3.41. The molecule has 0 saturated heterocycles. The predicted octanol–water partition coefficient (Wildman–Crippen LogP) is 4.53. The van der Waals surface area contributed by atoms with Crippen LogP contribution in [0.2, 0.25) is 0 Å². The molecule has 2 nitrogen and oxygen atoms in total. The topological polar surface area (TPSA) is 32.3 Å². The summed E-state index contributed by atoms with van der Waals surface area (Å²) < 4.78 is 25.9. The maximum Gasteiger partial charge on any atom is 0.263 e. The summed E-state index contributed by atoms with van der Waals surface area (Å²) in [5.41, 5.74) is 1.57. The van der Waals surface area contributed by atoms with Crippen molar-refractivity contribution in [3.8, 4) is 0 Å². The number of benzene rings is 2. The molecule has 20 heavy (non-hydrogen) atoms. The van der Waals surface area contributed by atoms with Gasteiger partial charge in [0, 0.05) is 15.7 Å². The van der Waals surface area contributed by atoms with Crippen LogP contribution in [-0.2, 0) is 0 Å². The van der Waals surface area contributed by atoms with Crippen molar-refractivity contribution in [1.29, 1.82) is 0 Å². The van der Waals surface area contributed by atoms with Gasteiger partial charge in [-0.25, -0.2) is 8.78 Å². The molecular weight excluding hydrogens is 328 g/mol. The molecule has 0 radical (unpaired) electrons. The van der Waals surface area contributed by atoms with Crippen LogP contribution in [0.3, 0.4) is 0 Å². The van der Waals surface area contributed by atoms with Crippen LogP contribution in [0.1, 0.15) is 23.6 Å².